The van der Waals surface area contributed by atoms with E-state index in [1.807, 2.05) is 6.07 Å². The van der Waals surface area contributed by atoms with Crippen LogP contribution in [0.5, 0.6) is 5.75 Å². The topological polar surface area (TPSA) is 23.5 Å². The van der Waals surface area contributed by atoms with E-state index < -0.39 is 5.82 Å². The Labute approximate surface area is 107 Å². The summed E-state index contributed by atoms with van der Waals surface area (Å²) in [5.41, 5.74) is 1.08. The maximum atomic E-state index is 13.0. The monoisotopic (exact) mass is 249 g/mol. The van der Waals surface area contributed by atoms with Crippen molar-refractivity contribution in [3.63, 3.8) is 0 Å². The average Bonchev–Trinajstić information content (AvgIpc) is 3.18. The molecular weight excluding hydrogens is 229 g/mol. The normalized spacial score (nSPS) is 22.3. The number of nitrogens with zero attached hydrogens (tertiary/aromatic N) is 1. The summed E-state index contributed by atoms with van der Waals surface area (Å²) in [5, 5.41) is 9.42. The maximum Gasteiger partial charge on any atom is 0.164 e. The van der Waals surface area contributed by atoms with Crippen LogP contribution in [0.15, 0.2) is 18.2 Å². The average molecular weight is 249 g/mol. The fourth-order valence-corrected chi connectivity index (χ4v) is 2.90. The first-order valence-electron chi connectivity index (χ1n) is 6.93. The zero-order valence-electron chi connectivity index (χ0n) is 10.6. The number of phenolic OH excluding ortho intramolecular Hbond substituents is 1. The van der Waals surface area contributed by atoms with Crippen molar-refractivity contribution in [1.29, 1.82) is 0 Å². The molecular formula is C15H20FNO. The van der Waals surface area contributed by atoms with Crippen LogP contribution >= 0.6 is 0 Å². The number of hydrogen-bond donors (Lipinski definition) is 1. The van der Waals surface area contributed by atoms with Crippen molar-refractivity contribution < 1.29 is 9.50 Å². The van der Waals surface area contributed by atoms with Crippen LogP contribution in [0.2, 0.25) is 0 Å². The summed E-state index contributed by atoms with van der Waals surface area (Å²) in [6.07, 6.45) is 5.06. The highest BCUT2D eigenvalue weighted by atomic mass is 19.1. The lowest BCUT2D eigenvalue weighted by Crippen LogP contribution is -2.34. The first kappa shape index (κ1) is 12.0. The number of likely N-dealkylation sites (tertiary alicyclic amines) is 1. The number of halogens is 1. The number of phenols is 1. The maximum absolute atomic E-state index is 13.0. The van der Waals surface area contributed by atoms with E-state index in [1.165, 1.54) is 25.5 Å². The fourth-order valence-electron chi connectivity index (χ4n) is 2.90. The van der Waals surface area contributed by atoms with Crippen molar-refractivity contribution in [3.8, 4) is 5.75 Å². The molecule has 1 aliphatic carbocycles. The Bertz CT molecular complexity index is 423. The molecule has 0 spiro atoms. The number of piperidine rings is 1. The van der Waals surface area contributed by atoms with Gasteiger partial charge in [-0.25, -0.2) is 4.39 Å². The molecule has 2 nitrogen and oxygen atoms in total. The Morgan fingerprint density at radius 1 is 1.17 bits per heavy atom. The third-order valence-electron chi connectivity index (χ3n) is 4.24. The summed E-state index contributed by atoms with van der Waals surface area (Å²) in [6, 6.07) is 4.79. The van der Waals surface area contributed by atoms with E-state index in [0.717, 1.165) is 37.4 Å². The van der Waals surface area contributed by atoms with Gasteiger partial charge < -0.3 is 10.0 Å². The van der Waals surface area contributed by atoms with Crippen LogP contribution in [-0.2, 0) is 0 Å². The van der Waals surface area contributed by atoms with Crippen LogP contribution in [-0.4, -0.2) is 29.6 Å². The minimum Gasteiger partial charge on any atom is -0.505 e. The van der Waals surface area contributed by atoms with Gasteiger partial charge in [0, 0.05) is 6.54 Å². The summed E-state index contributed by atoms with van der Waals surface area (Å²) in [4.78, 5) is 2.55. The molecule has 3 heteroatoms. The highest BCUT2D eigenvalue weighted by Gasteiger charge is 2.27. The molecule has 0 atom stereocenters. The Hall–Kier alpha value is -1.09. The first-order chi connectivity index (χ1) is 8.72. The van der Waals surface area contributed by atoms with Crippen molar-refractivity contribution in [2.45, 2.75) is 31.6 Å². The van der Waals surface area contributed by atoms with Crippen LogP contribution in [0.3, 0.4) is 0 Å². The number of aromatic hydroxyl groups is 1. The largest absolute Gasteiger partial charge is 0.505 e. The number of hydrogen-bond acceptors (Lipinski definition) is 2. The van der Waals surface area contributed by atoms with E-state index in [0.29, 0.717) is 5.92 Å². The van der Waals surface area contributed by atoms with E-state index in [1.54, 1.807) is 6.07 Å². The highest BCUT2D eigenvalue weighted by molar-refractivity contribution is 5.31. The van der Waals surface area contributed by atoms with Crippen LogP contribution in [0.25, 0.3) is 0 Å². The van der Waals surface area contributed by atoms with Gasteiger partial charge in [-0.2, -0.15) is 0 Å². The molecule has 0 amide bonds. The highest BCUT2D eigenvalue weighted by Crippen LogP contribution is 2.34. The van der Waals surface area contributed by atoms with Gasteiger partial charge in [0.05, 0.1) is 0 Å². The molecule has 1 saturated carbocycles. The van der Waals surface area contributed by atoms with Gasteiger partial charge in [0.1, 0.15) is 0 Å². The van der Waals surface area contributed by atoms with Crippen LogP contribution in [0.1, 0.15) is 37.2 Å². The molecule has 0 radical (unpaired) electrons. The van der Waals surface area contributed by atoms with Gasteiger partial charge in [-0.1, -0.05) is 6.07 Å². The third-order valence-corrected chi connectivity index (χ3v) is 4.24. The van der Waals surface area contributed by atoms with Gasteiger partial charge >= 0.3 is 0 Å². The van der Waals surface area contributed by atoms with Crippen molar-refractivity contribution in [1.82, 2.24) is 4.90 Å². The van der Waals surface area contributed by atoms with Crippen LogP contribution in [0.4, 0.5) is 4.39 Å². The van der Waals surface area contributed by atoms with Crippen LogP contribution < -0.4 is 0 Å². The predicted octanol–water partition coefficient (Wildman–Crippen LogP) is 3.12. The van der Waals surface area contributed by atoms with Gasteiger partial charge in [-0.15, -0.1) is 0 Å². The Balaban J connectivity index is 1.59. The standard InChI is InChI=1S/C15H20FNO/c16-14-4-3-13(9-15(14)18)12-5-7-17(8-6-12)10-11-1-2-11/h3-4,9,11-12,18H,1-2,5-8,10H2. The zero-order chi connectivity index (χ0) is 12.5. The molecule has 3 rings (SSSR count). The Morgan fingerprint density at radius 3 is 2.50 bits per heavy atom. The summed E-state index contributed by atoms with van der Waals surface area (Å²) in [6.45, 7) is 3.54. The second-order valence-corrected chi connectivity index (χ2v) is 5.73. The van der Waals surface area contributed by atoms with Gasteiger partial charge in [-0.05, 0) is 68.3 Å². The molecule has 98 valence electrons. The van der Waals surface area contributed by atoms with Gasteiger partial charge in [0.15, 0.2) is 11.6 Å². The minimum atomic E-state index is -0.523. The third kappa shape index (κ3) is 2.66. The molecule has 1 aliphatic heterocycles. The number of benzene rings is 1. The lowest BCUT2D eigenvalue weighted by Gasteiger charge is -2.32. The summed E-state index contributed by atoms with van der Waals surface area (Å²) in [7, 11) is 0. The molecule has 1 aromatic rings. The second-order valence-electron chi connectivity index (χ2n) is 5.73. The smallest absolute Gasteiger partial charge is 0.164 e. The van der Waals surface area contributed by atoms with E-state index in [9.17, 15) is 9.50 Å². The molecule has 2 fully saturated rings. The van der Waals surface area contributed by atoms with E-state index in [2.05, 4.69) is 4.90 Å². The molecule has 1 saturated heterocycles. The lowest BCUT2D eigenvalue weighted by atomic mass is 9.89. The van der Waals surface area contributed by atoms with Gasteiger partial charge in [0.2, 0.25) is 0 Å². The van der Waals surface area contributed by atoms with Crippen molar-refractivity contribution in [2.24, 2.45) is 5.92 Å². The van der Waals surface area contributed by atoms with Crippen molar-refractivity contribution in [2.75, 3.05) is 19.6 Å². The Kier molecular flexibility index (Phi) is 3.25. The predicted molar refractivity (Wildman–Crippen MR) is 69.2 cm³/mol. The molecule has 1 aromatic carbocycles. The second kappa shape index (κ2) is 4.88. The SMILES string of the molecule is Oc1cc(C2CCN(CC3CC3)CC2)ccc1F. The van der Waals surface area contributed by atoms with E-state index in [4.69, 9.17) is 0 Å². The first-order valence-corrected chi connectivity index (χ1v) is 6.93. The van der Waals surface area contributed by atoms with Gasteiger partial charge in [0.25, 0.3) is 0 Å². The van der Waals surface area contributed by atoms with Crippen LogP contribution in [0, 0.1) is 11.7 Å². The number of rotatable bonds is 3. The molecule has 2 aliphatic rings. The Morgan fingerprint density at radius 2 is 1.89 bits per heavy atom. The molecule has 1 N–H and O–H groups in total. The van der Waals surface area contributed by atoms with Gasteiger partial charge in [-0.3, -0.25) is 0 Å². The fraction of sp³-hybridized carbons (Fsp3) is 0.600. The molecule has 0 unspecified atom stereocenters. The van der Waals surface area contributed by atoms with E-state index in [-0.39, 0.29) is 5.75 Å². The quantitative estimate of drug-likeness (QED) is 0.889. The minimum absolute atomic E-state index is 0.215. The van der Waals surface area contributed by atoms with Crippen molar-refractivity contribution in [3.05, 3.63) is 29.6 Å². The molecule has 0 bridgehead atoms. The van der Waals surface area contributed by atoms with Crippen molar-refractivity contribution >= 4 is 0 Å². The molecule has 1 heterocycles. The molecule has 18 heavy (non-hydrogen) atoms. The summed E-state index contributed by atoms with van der Waals surface area (Å²) in [5.74, 6) is 0.696. The molecule has 0 aromatic heterocycles. The van der Waals surface area contributed by atoms with E-state index >= 15 is 0 Å². The summed E-state index contributed by atoms with van der Waals surface area (Å²) >= 11 is 0. The summed E-state index contributed by atoms with van der Waals surface area (Å²) < 4.78 is 13.0. The lowest BCUT2D eigenvalue weighted by molar-refractivity contribution is 0.204. The zero-order valence-corrected chi connectivity index (χ0v) is 10.6.